The van der Waals surface area contributed by atoms with Gasteiger partial charge in [0.25, 0.3) is 5.56 Å². The van der Waals surface area contributed by atoms with Crippen LogP contribution in [-0.2, 0) is 32.0 Å². The molecule has 0 aliphatic heterocycles. The molecule has 0 N–H and O–H groups in total. The summed E-state index contributed by atoms with van der Waals surface area (Å²) < 4.78 is 14.4. The van der Waals surface area contributed by atoms with Gasteiger partial charge in [0.1, 0.15) is 6.54 Å². The Labute approximate surface area is 172 Å². The first kappa shape index (κ1) is 21.2. The zero-order chi connectivity index (χ0) is 22.0. The van der Waals surface area contributed by atoms with Crippen molar-refractivity contribution in [1.82, 2.24) is 23.6 Å². The molecule has 0 spiro atoms. The van der Waals surface area contributed by atoms with Crippen molar-refractivity contribution >= 4 is 17.1 Å². The van der Waals surface area contributed by atoms with Crippen molar-refractivity contribution in [2.24, 2.45) is 14.1 Å². The second kappa shape index (κ2) is 8.44. The summed E-state index contributed by atoms with van der Waals surface area (Å²) in [5.74, 6) is 1.02. The SMILES string of the molecule is CCN(Cc1ccc(OC)c(OC)c1)C(=O)Cn1cnc2c1c(=O)n(C)c(=O)n2C. The van der Waals surface area contributed by atoms with Crippen LogP contribution in [0.4, 0.5) is 0 Å². The number of aryl methyl sites for hydroxylation is 1. The maximum absolute atomic E-state index is 13.0. The van der Waals surface area contributed by atoms with E-state index in [0.29, 0.717) is 24.6 Å². The predicted octanol–water partition coefficient (Wildman–Crippen LogP) is 0.500. The maximum Gasteiger partial charge on any atom is 0.332 e. The number of benzene rings is 1. The average Bonchev–Trinajstić information content (AvgIpc) is 3.17. The van der Waals surface area contributed by atoms with Crippen LogP contribution in [0.15, 0.2) is 34.1 Å². The summed E-state index contributed by atoms with van der Waals surface area (Å²) in [4.78, 5) is 43.4. The van der Waals surface area contributed by atoms with Gasteiger partial charge in [-0.05, 0) is 24.6 Å². The summed E-state index contributed by atoms with van der Waals surface area (Å²) >= 11 is 0. The molecule has 30 heavy (non-hydrogen) atoms. The Kier molecular flexibility index (Phi) is 5.95. The number of likely N-dealkylation sites (N-methyl/N-ethyl adjacent to an activating group) is 1. The zero-order valence-corrected chi connectivity index (χ0v) is 17.7. The Morgan fingerprint density at radius 1 is 1.10 bits per heavy atom. The van der Waals surface area contributed by atoms with E-state index in [2.05, 4.69) is 4.98 Å². The number of amides is 1. The number of fused-ring (bicyclic) bond motifs is 1. The maximum atomic E-state index is 13.0. The molecule has 3 aromatic rings. The lowest BCUT2D eigenvalue weighted by Crippen LogP contribution is -2.38. The smallest absolute Gasteiger partial charge is 0.332 e. The van der Waals surface area contributed by atoms with Crippen molar-refractivity contribution in [2.45, 2.75) is 20.0 Å². The van der Waals surface area contributed by atoms with Gasteiger partial charge < -0.3 is 18.9 Å². The molecule has 3 rings (SSSR count). The first-order chi connectivity index (χ1) is 14.3. The van der Waals surface area contributed by atoms with Gasteiger partial charge in [0, 0.05) is 27.2 Å². The van der Waals surface area contributed by atoms with E-state index in [9.17, 15) is 14.4 Å². The summed E-state index contributed by atoms with van der Waals surface area (Å²) in [6, 6.07) is 5.49. The van der Waals surface area contributed by atoms with E-state index >= 15 is 0 Å². The summed E-state index contributed by atoms with van der Waals surface area (Å²) in [7, 11) is 6.06. The first-order valence-electron chi connectivity index (χ1n) is 9.41. The highest BCUT2D eigenvalue weighted by Crippen LogP contribution is 2.28. The molecule has 0 radical (unpaired) electrons. The van der Waals surface area contributed by atoms with Gasteiger partial charge >= 0.3 is 5.69 Å². The van der Waals surface area contributed by atoms with Crippen LogP contribution >= 0.6 is 0 Å². The van der Waals surface area contributed by atoms with Crippen molar-refractivity contribution in [3.05, 3.63) is 50.9 Å². The fourth-order valence-corrected chi connectivity index (χ4v) is 3.34. The molecule has 1 aromatic carbocycles. The molecule has 0 saturated carbocycles. The molecule has 2 aromatic heterocycles. The minimum absolute atomic E-state index is 0.0644. The van der Waals surface area contributed by atoms with Crippen LogP contribution in [0, 0.1) is 0 Å². The van der Waals surface area contributed by atoms with E-state index < -0.39 is 11.2 Å². The highest BCUT2D eigenvalue weighted by Gasteiger charge is 2.19. The Balaban J connectivity index is 1.88. The standard InChI is InChI=1S/C20H25N5O5/c1-6-24(10-13-7-8-14(29-4)15(9-13)30-5)16(26)11-25-12-21-18-17(25)19(27)23(3)20(28)22(18)2/h7-9,12H,6,10-11H2,1-5H3. The molecule has 0 unspecified atom stereocenters. The van der Waals surface area contributed by atoms with E-state index in [1.165, 1.54) is 22.5 Å². The summed E-state index contributed by atoms with van der Waals surface area (Å²) in [5.41, 5.74) is 0.402. The third-order valence-corrected chi connectivity index (χ3v) is 5.08. The molecule has 0 aliphatic rings. The van der Waals surface area contributed by atoms with Crippen molar-refractivity contribution < 1.29 is 14.3 Å². The van der Waals surface area contributed by atoms with Crippen molar-refractivity contribution in [3.8, 4) is 11.5 Å². The molecular formula is C20H25N5O5. The number of carbonyl (C=O) groups is 1. The molecule has 0 aliphatic carbocycles. The fraction of sp³-hybridized carbons (Fsp3) is 0.400. The second-order valence-corrected chi connectivity index (χ2v) is 6.85. The largest absolute Gasteiger partial charge is 0.493 e. The number of hydrogen-bond donors (Lipinski definition) is 0. The van der Waals surface area contributed by atoms with Gasteiger partial charge in [-0.3, -0.25) is 18.7 Å². The van der Waals surface area contributed by atoms with Crippen LogP contribution < -0.4 is 20.7 Å². The highest BCUT2D eigenvalue weighted by atomic mass is 16.5. The van der Waals surface area contributed by atoms with E-state index in [1.807, 2.05) is 19.1 Å². The van der Waals surface area contributed by atoms with Crippen LogP contribution in [0.25, 0.3) is 11.2 Å². The van der Waals surface area contributed by atoms with E-state index in [4.69, 9.17) is 9.47 Å². The Morgan fingerprint density at radius 3 is 2.43 bits per heavy atom. The Morgan fingerprint density at radius 2 is 1.80 bits per heavy atom. The number of methoxy groups -OCH3 is 2. The van der Waals surface area contributed by atoms with E-state index in [0.717, 1.165) is 10.1 Å². The molecular weight excluding hydrogens is 390 g/mol. The summed E-state index contributed by atoms with van der Waals surface area (Å²) in [5, 5.41) is 0. The molecule has 0 fully saturated rings. The number of rotatable bonds is 7. The lowest BCUT2D eigenvalue weighted by molar-refractivity contribution is -0.132. The van der Waals surface area contributed by atoms with Gasteiger partial charge in [-0.25, -0.2) is 9.78 Å². The summed E-state index contributed by atoms with van der Waals surface area (Å²) in [6.07, 6.45) is 1.41. The average molecular weight is 415 g/mol. The Hall–Kier alpha value is -3.56. The van der Waals surface area contributed by atoms with E-state index in [1.54, 1.807) is 32.2 Å². The van der Waals surface area contributed by atoms with Gasteiger partial charge in [-0.1, -0.05) is 6.07 Å². The quantitative estimate of drug-likeness (QED) is 0.557. The molecule has 0 atom stereocenters. The molecule has 0 bridgehead atoms. The number of carbonyl (C=O) groups excluding carboxylic acids is 1. The lowest BCUT2D eigenvalue weighted by Gasteiger charge is -2.22. The number of aromatic nitrogens is 4. The lowest BCUT2D eigenvalue weighted by atomic mass is 10.2. The van der Waals surface area contributed by atoms with Gasteiger partial charge in [0.15, 0.2) is 22.7 Å². The highest BCUT2D eigenvalue weighted by molar-refractivity contribution is 5.79. The predicted molar refractivity (Wildman–Crippen MR) is 111 cm³/mol. The van der Waals surface area contributed by atoms with Crippen molar-refractivity contribution in [3.63, 3.8) is 0 Å². The zero-order valence-electron chi connectivity index (χ0n) is 17.7. The van der Waals surface area contributed by atoms with Gasteiger partial charge in [-0.15, -0.1) is 0 Å². The molecule has 1 amide bonds. The van der Waals surface area contributed by atoms with Gasteiger partial charge in [0.2, 0.25) is 5.91 Å². The number of nitrogens with zero attached hydrogens (tertiary/aromatic N) is 5. The van der Waals surface area contributed by atoms with Gasteiger partial charge in [0.05, 0.1) is 20.5 Å². The van der Waals surface area contributed by atoms with Crippen LogP contribution in [-0.4, -0.2) is 50.3 Å². The van der Waals surface area contributed by atoms with Crippen LogP contribution in [0.2, 0.25) is 0 Å². The van der Waals surface area contributed by atoms with Crippen LogP contribution in [0.5, 0.6) is 11.5 Å². The molecule has 2 heterocycles. The Bertz CT molecular complexity index is 1210. The number of imidazole rings is 1. The monoisotopic (exact) mass is 415 g/mol. The molecule has 0 saturated heterocycles. The molecule has 10 heteroatoms. The minimum Gasteiger partial charge on any atom is -0.493 e. The molecule has 10 nitrogen and oxygen atoms in total. The van der Waals surface area contributed by atoms with Crippen LogP contribution in [0.3, 0.4) is 0 Å². The summed E-state index contributed by atoms with van der Waals surface area (Å²) in [6.45, 7) is 2.67. The first-order valence-corrected chi connectivity index (χ1v) is 9.41. The van der Waals surface area contributed by atoms with Crippen molar-refractivity contribution in [2.75, 3.05) is 20.8 Å². The third-order valence-electron chi connectivity index (χ3n) is 5.08. The normalized spacial score (nSPS) is 11.0. The number of ether oxygens (including phenoxy) is 2. The van der Waals surface area contributed by atoms with Crippen molar-refractivity contribution in [1.29, 1.82) is 0 Å². The topological polar surface area (TPSA) is 101 Å². The van der Waals surface area contributed by atoms with Gasteiger partial charge in [-0.2, -0.15) is 0 Å². The third kappa shape index (κ3) is 3.68. The second-order valence-electron chi connectivity index (χ2n) is 6.85. The number of hydrogen-bond acceptors (Lipinski definition) is 6. The molecule has 160 valence electrons. The van der Waals surface area contributed by atoms with E-state index in [-0.39, 0.29) is 23.6 Å². The fourth-order valence-electron chi connectivity index (χ4n) is 3.34. The van der Waals surface area contributed by atoms with Crippen LogP contribution in [0.1, 0.15) is 12.5 Å². The minimum atomic E-state index is -0.485.